The number of methoxy groups -OCH3 is 1. The summed E-state index contributed by atoms with van der Waals surface area (Å²) in [6.07, 6.45) is 3.63. The first-order chi connectivity index (χ1) is 11.5. The molecule has 3 rings (SSSR count). The number of carboxylic acids is 1. The summed E-state index contributed by atoms with van der Waals surface area (Å²) < 4.78 is 5.19. The molecule has 0 bridgehead atoms. The average molecular weight is 331 g/mol. The van der Waals surface area contributed by atoms with Crippen molar-refractivity contribution in [2.75, 3.05) is 20.2 Å². The summed E-state index contributed by atoms with van der Waals surface area (Å²) in [5.41, 5.74) is -0.234. The van der Waals surface area contributed by atoms with Crippen molar-refractivity contribution in [3.63, 3.8) is 0 Å². The Labute approximate surface area is 142 Å². The van der Waals surface area contributed by atoms with Crippen molar-refractivity contribution in [1.29, 1.82) is 0 Å². The van der Waals surface area contributed by atoms with Crippen LogP contribution >= 0.6 is 0 Å². The van der Waals surface area contributed by atoms with E-state index in [0.717, 1.165) is 30.6 Å². The molecule has 130 valence electrons. The van der Waals surface area contributed by atoms with Gasteiger partial charge >= 0.3 is 5.97 Å². The molecule has 1 aliphatic heterocycles. The second-order valence-electron chi connectivity index (χ2n) is 7.08. The molecule has 2 fully saturated rings. The first kappa shape index (κ1) is 16.8. The maximum atomic E-state index is 13.2. The van der Waals surface area contributed by atoms with Crippen LogP contribution in [0.15, 0.2) is 24.3 Å². The molecule has 1 unspecified atom stereocenters. The number of ether oxygens (including phenoxy) is 1. The normalized spacial score (nSPS) is 25.2. The Balaban J connectivity index is 1.81. The second kappa shape index (κ2) is 6.11. The molecule has 1 atom stereocenters. The summed E-state index contributed by atoms with van der Waals surface area (Å²) in [6.45, 7) is 2.89. The molecular formula is C19H25NO4. The van der Waals surface area contributed by atoms with Crippen LogP contribution in [0.3, 0.4) is 0 Å². The number of carbonyl (C=O) groups excluding carboxylic acids is 1. The summed E-state index contributed by atoms with van der Waals surface area (Å²) in [5, 5.41) is 9.63. The highest BCUT2D eigenvalue weighted by Gasteiger charge is 2.54. The Kier molecular flexibility index (Phi) is 4.28. The molecule has 5 heteroatoms. The molecular weight excluding hydrogens is 306 g/mol. The number of amides is 1. The summed E-state index contributed by atoms with van der Waals surface area (Å²) in [4.78, 5) is 26.7. The zero-order valence-electron chi connectivity index (χ0n) is 14.4. The number of carbonyl (C=O) groups is 2. The Bertz CT molecular complexity index is 635. The summed E-state index contributed by atoms with van der Waals surface area (Å²) in [6, 6.07) is 7.68. The molecule has 0 aromatic heterocycles. The fourth-order valence-electron chi connectivity index (χ4n) is 3.88. The van der Waals surface area contributed by atoms with Gasteiger partial charge in [0.15, 0.2) is 0 Å². The van der Waals surface area contributed by atoms with Gasteiger partial charge in [-0.2, -0.15) is 0 Å². The minimum absolute atomic E-state index is 0.0893. The van der Waals surface area contributed by atoms with Gasteiger partial charge in [-0.25, -0.2) is 0 Å². The minimum Gasteiger partial charge on any atom is -0.497 e. The number of hydrogen-bond acceptors (Lipinski definition) is 3. The van der Waals surface area contributed by atoms with Crippen molar-refractivity contribution in [3.05, 3.63) is 29.8 Å². The van der Waals surface area contributed by atoms with Gasteiger partial charge in [-0.1, -0.05) is 19.1 Å². The van der Waals surface area contributed by atoms with Crippen LogP contribution in [0.1, 0.15) is 44.6 Å². The van der Waals surface area contributed by atoms with Crippen LogP contribution in [0.25, 0.3) is 0 Å². The lowest BCUT2D eigenvalue weighted by atomic mass is 9.77. The van der Waals surface area contributed by atoms with E-state index >= 15 is 0 Å². The van der Waals surface area contributed by atoms with Crippen molar-refractivity contribution in [2.24, 2.45) is 5.41 Å². The largest absolute Gasteiger partial charge is 0.497 e. The zero-order chi connectivity index (χ0) is 17.4. The molecule has 1 aliphatic carbocycles. The van der Waals surface area contributed by atoms with Gasteiger partial charge in [0.25, 0.3) is 0 Å². The van der Waals surface area contributed by atoms with Crippen molar-refractivity contribution in [1.82, 2.24) is 4.90 Å². The summed E-state index contributed by atoms with van der Waals surface area (Å²) >= 11 is 0. The zero-order valence-corrected chi connectivity index (χ0v) is 14.4. The second-order valence-corrected chi connectivity index (χ2v) is 7.08. The standard InChI is InChI=1S/C19H25NO4/c1-3-18(17(22)23)9-4-12-20(13-18)16(21)19(10-11-19)14-5-7-15(24-2)8-6-14/h5-8H,3-4,9-13H2,1-2H3,(H,22,23). The topological polar surface area (TPSA) is 66.8 Å². The van der Waals surface area contributed by atoms with Crippen LogP contribution in [0.5, 0.6) is 5.75 Å². The third-order valence-corrected chi connectivity index (χ3v) is 5.80. The van der Waals surface area contributed by atoms with Gasteiger partial charge in [-0.15, -0.1) is 0 Å². The van der Waals surface area contributed by atoms with Crippen LogP contribution in [-0.2, 0) is 15.0 Å². The molecule has 1 aromatic rings. The molecule has 0 radical (unpaired) electrons. The maximum Gasteiger partial charge on any atom is 0.311 e. The lowest BCUT2D eigenvalue weighted by Gasteiger charge is -2.41. The molecule has 1 heterocycles. The summed E-state index contributed by atoms with van der Waals surface area (Å²) in [5.74, 6) is 0.0825. The van der Waals surface area contributed by atoms with Crippen molar-refractivity contribution >= 4 is 11.9 Å². The number of piperidine rings is 1. The molecule has 24 heavy (non-hydrogen) atoms. The summed E-state index contributed by atoms with van der Waals surface area (Å²) in [7, 11) is 1.62. The van der Waals surface area contributed by atoms with E-state index in [1.165, 1.54) is 0 Å². The Morgan fingerprint density at radius 2 is 1.88 bits per heavy atom. The smallest absolute Gasteiger partial charge is 0.311 e. The van der Waals surface area contributed by atoms with E-state index in [2.05, 4.69) is 0 Å². The van der Waals surface area contributed by atoms with Gasteiger partial charge in [-0.3, -0.25) is 9.59 Å². The van der Waals surface area contributed by atoms with Gasteiger partial charge in [-0.05, 0) is 49.8 Å². The lowest BCUT2D eigenvalue weighted by Crippen LogP contribution is -2.52. The number of hydrogen-bond donors (Lipinski definition) is 1. The van der Waals surface area contributed by atoms with E-state index < -0.39 is 16.8 Å². The number of benzene rings is 1. The SMILES string of the molecule is CCC1(C(=O)O)CCCN(C(=O)C2(c3ccc(OC)cc3)CC2)C1. The first-order valence-corrected chi connectivity index (χ1v) is 8.65. The maximum absolute atomic E-state index is 13.2. The molecule has 5 nitrogen and oxygen atoms in total. The van der Waals surface area contributed by atoms with E-state index in [-0.39, 0.29) is 5.91 Å². The van der Waals surface area contributed by atoms with E-state index in [9.17, 15) is 14.7 Å². The lowest BCUT2D eigenvalue weighted by molar-refractivity contribution is -0.155. The highest BCUT2D eigenvalue weighted by molar-refractivity contribution is 5.92. The molecule has 2 aliphatic rings. The Morgan fingerprint density at radius 3 is 2.38 bits per heavy atom. The number of nitrogens with zero attached hydrogens (tertiary/aromatic N) is 1. The fraction of sp³-hybridized carbons (Fsp3) is 0.579. The van der Waals surface area contributed by atoms with Gasteiger partial charge in [0, 0.05) is 13.1 Å². The number of rotatable bonds is 5. The highest BCUT2D eigenvalue weighted by atomic mass is 16.5. The van der Waals surface area contributed by atoms with Crippen LogP contribution in [-0.4, -0.2) is 42.1 Å². The third kappa shape index (κ3) is 2.66. The molecule has 0 spiro atoms. The van der Waals surface area contributed by atoms with Gasteiger partial charge < -0.3 is 14.7 Å². The van der Waals surface area contributed by atoms with Crippen LogP contribution in [0, 0.1) is 5.41 Å². The predicted octanol–water partition coefficient (Wildman–Crippen LogP) is 2.83. The molecule has 1 amide bonds. The van der Waals surface area contributed by atoms with E-state index in [1.807, 2.05) is 31.2 Å². The van der Waals surface area contributed by atoms with Crippen LogP contribution in [0.4, 0.5) is 0 Å². The van der Waals surface area contributed by atoms with Crippen molar-refractivity contribution < 1.29 is 19.4 Å². The van der Waals surface area contributed by atoms with Crippen LogP contribution < -0.4 is 4.74 Å². The molecule has 1 N–H and O–H groups in total. The molecule has 1 aromatic carbocycles. The van der Waals surface area contributed by atoms with E-state index in [1.54, 1.807) is 12.0 Å². The molecule has 1 saturated heterocycles. The first-order valence-electron chi connectivity index (χ1n) is 8.65. The number of aliphatic carboxylic acids is 1. The van der Waals surface area contributed by atoms with Crippen molar-refractivity contribution in [2.45, 2.75) is 44.4 Å². The number of likely N-dealkylation sites (tertiary alicyclic amines) is 1. The number of carboxylic acid groups (broad SMARTS) is 1. The fourth-order valence-corrected chi connectivity index (χ4v) is 3.88. The van der Waals surface area contributed by atoms with E-state index in [0.29, 0.717) is 25.9 Å². The Morgan fingerprint density at radius 1 is 1.21 bits per heavy atom. The molecule has 1 saturated carbocycles. The highest BCUT2D eigenvalue weighted by Crippen LogP contribution is 2.50. The van der Waals surface area contributed by atoms with Gasteiger partial charge in [0.1, 0.15) is 5.75 Å². The van der Waals surface area contributed by atoms with Gasteiger partial charge in [0.05, 0.1) is 17.9 Å². The average Bonchev–Trinajstić information content (AvgIpc) is 3.43. The minimum atomic E-state index is -0.788. The third-order valence-electron chi connectivity index (χ3n) is 5.80. The Hall–Kier alpha value is -2.04. The predicted molar refractivity (Wildman–Crippen MR) is 90.1 cm³/mol. The quantitative estimate of drug-likeness (QED) is 0.901. The van der Waals surface area contributed by atoms with Crippen molar-refractivity contribution in [3.8, 4) is 5.75 Å². The van der Waals surface area contributed by atoms with E-state index in [4.69, 9.17) is 4.74 Å². The monoisotopic (exact) mass is 331 g/mol. The van der Waals surface area contributed by atoms with Crippen LogP contribution in [0.2, 0.25) is 0 Å². The van der Waals surface area contributed by atoms with Gasteiger partial charge in [0.2, 0.25) is 5.91 Å².